The first-order chi connectivity index (χ1) is 13.0. The van der Waals surface area contributed by atoms with Crippen molar-refractivity contribution in [2.45, 2.75) is 18.2 Å². The van der Waals surface area contributed by atoms with Crippen LogP contribution < -0.4 is 10.1 Å². The number of carbonyl (C=O) groups is 2. The van der Waals surface area contributed by atoms with Crippen molar-refractivity contribution in [1.29, 1.82) is 0 Å². The lowest BCUT2D eigenvalue weighted by molar-refractivity contribution is -0.138. The zero-order valence-electron chi connectivity index (χ0n) is 14.3. The molecule has 0 radical (unpaired) electrons. The summed E-state index contributed by atoms with van der Waals surface area (Å²) in [7, 11) is 1.59. The van der Waals surface area contributed by atoms with Crippen molar-refractivity contribution in [3.63, 3.8) is 0 Å². The van der Waals surface area contributed by atoms with E-state index in [1.807, 2.05) is 18.2 Å². The molecule has 0 bridgehead atoms. The Balaban J connectivity index is 1.70. The molecule has 1 aromatic heterocycles. The monoisotopic (exact) mass is 388 g/mol. The molecule has 0 spiro atoms. The van der Waals surface area contributed by atoms with Crippen LogP contribution in [0.25, 0.3) is 0 Å². The predicted molar refractivity (Wildman–Crippen MR) is 98.9 cm³/mol. The summed E-state index contributed by atoms with van der Waals surface area (Å²) < 4.78 is 7.03. The van der Waals surface area contributed by atoms with Crippen LogP contribution in [0.4, 0.5) is 0 Å². The molecule has 10 nitrogen and oxygen atoms in total. The van der Waals surface area contributed by atoms with Gasteiger partial charge in [-0.15, -0.1) is 5.10 Å². The van der Waals surface area contributed by atoms with Gasteiger partial charge < -0.3 is 15.2 Å². The van der Waals surface area contributed by atoms with Crippen LogP contribution in [0.1, 0.15) is 17.5 Å². The van der Waals surface area contributed by atoms with E-state index in [0.717, 1.165) is 22.9 Å². The molecule has 0 saturated carbocycles. The smallest absolute Gasteiger partial charge is 0.305 e. The molecule has 1 atom stereocenters. The zero-order chi connectivity index (χ0) is 19.2. The molecule has 11 heteroatoms. The molecule has 1 amide bonds. The zero-order valence-corrected chi connectivity index (χ0v) is 15.1. The van der Waals surface area contributed by atoms with Crippen LogP contribution in [0.15, 0.2) is 41.1 Å². The molecule has 1 unspecified atom stereocenters. The Hall–Kier alpha value is -3.21. The van der Waals surface area contributed by atoms with Gasteiger partial charge in [0.2, 0.25) is 5.91 Å². The average molecular weight is 388 g/mol. The highest BCUT2D eigenvalue weighted by Crippen LogP contribution is 2.23. The lowest BCUT2D eigenvalue weighted by Gasteiger charge is -2.09. The Labute approximate surface area is 158 Å². The fourth-order valence-corrected chi connectivity index (χ4v) is 3.30. The normalized spacial score (nSPS) is 18.2. The van der Waals surface area contributed by atoms with E-state index < -0.39 is 11.2 Å². The summed E-state index contributed by atoms with van der Waals surface area (Å²) in [6, 6.07) is 5.52. The molecule has 0 aliphatic carbocycles. The maximum absolute atomic E-state index is 11.7. The number of aliphatic carboxylic acids is 1. The van der Waals surface area contributed by atoms with Crippen LogP contribution >= 0.6 is 11.8 Å². The van der Waals surface area contributed by atoms with Crippen molar-refractivity contribution in [3.05, 3.63) is 42.0 Å². The predicted octanol–water partition coefficient (Wildman–Crippen LogP) is 0.731. The Morgan fingerprint density at radius 2 is 2.37 bits per heavy atom. The quantitative estimate of drug-likeness (QED) is 0.528. The number of thioether (sulfide) groups is 1. The standard InChI is InChI=1S/C16H16N6O4S/c1-26-12-3-2-10(4-11(12)7-22-9-17-8-19-22)6-18-21-16-20-15(25)13(27-16)5-14(23)24/h2-4,6,8-9,13H,5,7H2,1H3,(H,23,24)(H,20,21,25). The molecule has 140 valence electrons. The summed E-state index contributed by atoms with van der Waals surface area (Å²) in [5.74, 6) is -0.703. The van der Waals surface area contributed by atoms with Gasteiger partial charge in [0.1, 0.15) is 23.7 Å². The first-order valence-electron chi connectivity index (χ1n) is 7.85. The molecule has 1 aromatic carbocycles. The highest BCUT2D eigenvalue weighted by atomic mass is 32.2. The number of amides is 1. The number of benzene rings is 1. The minimum absolute atomic E-state index is 0.261. The lowest BCUT2D eigenvalue weighted by Crippen LogP contribution is -2.26. The largest absolute Gasteiger partial charge is 0.496 e. The fraction of sp³-hybridized carbons (Fsp3) is 0.250. The highest BCUT2D eigenvalue weighted by Gasteiger charge is 2.32. The molecular formula is C16H16N6O4S. The first-order valence-corrected chi connectivity index (χ1v) is 8.73. The fourth-order valence-electron chi connectivity index (χ4n) is 2.38. The number of carboxylic acids is 1. The van der Waals surface area contributed by atoms with Gasteiger partial charge in [-0.2, -0.15) is 10.2 Å². The molecule has 1 aliphatic rings. The third kappa shape index (κ3) is 4.91. The Morgan fingerprint density at radius 3 is 3.07 bits per heavy atom. The van der Waals surface area contributed by atoms with Crippen LogP contribution in [0.3, 0.4) is 0 Å². The van der Waals surface area contributed by atoms with Crippen LogP contribution in [0.2, 0.25) is 0 Å². The number of carboxylic acid groups (broad SMARTS) is 1. The Bertz CT molecular complexity index is 896. The SMILES string of the molecule is COc1ccc(C=NN=C2NC(=O)C(CC(=O)O)S2)cc1Cn1cncn1. The van der Waals surface area contributed by atoms with Gasteiger partial charge in [0.05, 0.1) is 26.3 Å². The van der Waals surface area contributed by atoms with Crippen LogP contribution in [-0.2, 0) is 16.1 Å². The van der Waals surface area contributed by atoms with Gasteiger partial charge in [0.25, 0.3) is 0 Å². The van der Waals surface area contributed by atoms with E-state index in [0.29, 0.717) is 12.3 Å². The summed E-state index contributed by atoms with van der Waals surface area (Å²) in [4.78, 5) is 26.3. The number of nitrogens with one attached hydrogen (secondary N) is 1. The summed E-state index contributed by atoms with van der Waals surface area (Å²) in [5.41, 5.74) is 1.68. The summed E-state index contributed by atoms with van der Waals surface area (Å²) >= 11 is 1.05. The van der Waals surface area contributed by atoms with Gasteiger partial charge in [0.15, 0.2) is 5.17 Å². The van der Waals surface area contributed by atoms with E-state index in [4.69, 9.17) is 9.84 Å². The molecule has 2 aromatic rings. The van der Waals surface area contributed by atoms with Gasteiger partial charge in [-0.25, -0.2) is 9.67 Å². The molecule has 1 fully saturated rings. The van der Waals surface area contributed by atoms with Crippen molar-refractivity contribution in [1.82, 2.24) is 20.1 Å². The van der Waals surface area contributed by atoms with Gasteiger partial charge in [-0.3, -0.25) is 9.59 Å². The topological polar surface area (TPSA) is 131 Å². The summed E-state index contributed by atoms with van der Waals surface area (Å²) in [5, 5.41) is 22.9. The third-order valence-corrected chi connectivity index (χ3v) is 4.67. The van der Waals surface area contributed by atoms with Crippen molar-refractivity contribution < 1.29 is 19.4 Å². The second-order valence-electron chi connectivity index (χ2n) is 5.51. The number of nitrogens with zero attached hydrogens (tertiary/aromatic N) is 5. The second kappa shape index (κ2) is 8.45. The molecule has 27 heavy (non-hydrogen) atoms. The summed E-state index contributed by atoms with van der Waals surface area (Å²) in [6.07, 6.45) is 4.34. The molecule has 2 heterocycles. The number of hydrogen-bond acceptors (Lipinski definition) is 8. The van der Waals surface area contributed by atoms with Gasteiger partial charge in [-0.05, 0) is 23.8 Å². The maximum Gasteiger partial charge on any atom is 0.305 e. The van der Waals surface area contributed by atoms with Crippen LogP contribution in [0.5, 0.6) is 5.75 Å². The van der Waals surface area contributed by atoms with E-state index in [-0.39, 0.29) is 17.5 Å². The number of ether oxygens (including phenoxy) is 1. The van der Waals surface area contributed by atoms with Gasteiger partial charge in [-0.1, -0.05) is 11.8 Å². The van der Waals surface area contributed by atoms with E-state index in [1.165, 1.54) is 12.5 Å². The van der Waals surface area contributed by atoms with E-state index in [9.17, 15) is 9.59 Å². The van der Waals surface area contributed by atoms with Crippen molar-refractivity contribution in [2.24, 2.45) is 10.2 Å². The van der Waals surface area contributed by atoms with E-state index >= 15 is 0 Å². The maximum atomic E-state index is 11.7. The molecule has 2 N–H and O–H groups in total. The van der Waals surface area contributed by atoms with E-state index in [2.05, 4.69) is 25.6 Å². The first kappa shape index (κ1) is 18.6. The molecule has 3 rings (SSSR count). The average Bonchev–Trinajstić information content (AvgIpc) is 3.25. The summed E-state index contributed by atoms with van der Waals surface area (Å²) in [6.45, 7) is 0.488. The second-order valence-corrected chi connectivity index (χ2v) is 6.70. The third-order valence-electron chi connectivity index (χ3n) is 3.60. The van der Waals surface area contributed by atoms with Gasteiger partial charge >= 0.3 is 5.97 Å². The van der Waals surface area contributed by atoms with Crippen molar-refractivity contribution in [2.75, 3.05) is 7.11 Å². The Morgan fingerprint density at radius 1 is 1.52 bits per heavy atom. The van der Waals surface area contributed by atoms with Crippen LogP contribution in [-0.4, -0.2) is 55.5 Å². The molecule has 1 aliphatic heterocycles. The van der Waals surface area contributed by atoms with Crippen molar-refractivity contribution >= 4 is 35.0 Å². The molecular weight excluding hydrogens is 372 g/mol. The van der Waals surface area contributed by atoms with Crippen molar-refractivity contribution in [3.8, 4) is 5.75 Å². The number of carbonyl (C=O) groups excluding carboxylic acids is 1. The number of amidine groups is 1. The number of rotatable bonds is 7. The number of methoxy groups -OCH3 is 1. The van der Waals surface area contributed by atoms with Gasteiger partial charge in [0, 0.05) is 5.56 Å². The Kier molecular flexibility index (Phi) is 5.81. The lowest BCUT2D eigenvalue weighted by atomic mass is 10.1. The number of hydrogen-bond donors (Lipinski definition) is 2. The minimum atomic E-state index is -1.04. The molecule has 1 saturated heterocycles. The minimum Gasteiger partial charge on any atom is -0.496 e. The number of aromatic nitrogens is 3. The highest BCUT2D eigenvalue weighted by molar-refractivity contribution is 8.15. The van der Waals surface area contributed by atoms with E-state index in [1.54, 1.807) is 18.1 Å². The van der Waals surface area contributed by atoms with Crippen LogP contribution in [0, 0.1) is 0 Å².